The van der Waals surface area contributed by atoms with Crippen LogP contribution >= 0.6 is 0 Å². The van der Waals surface area contributed by atoms with Crippen molar-refractivity contribution in [3.8, 4) is 5.75 Å². The van der Waals surface area contributed by atoms with Crippen LogP contribution in [-0.4, -0.2) is 24.4 Å². The zero-order valence-electron chi connectivity index (χ0n) is 10.3. The van der Waals surface area contributed by atoms with Gasteiger partial charge in [0.15, 0.2) is 0 Å². The van der Waals surface area contributed by atoms with Crippen LogP contribution in [0.5, 0.6) is 5.75 Å². The van der Waals surface area contributed by atoms with E-state index in [2.05, 4.69) is 11.4 Å². The van der Waals surface area contributed by atoms with Crippen LogP contribution in [0.15, 0.2) is 18.2 Å². The van der Waals surface area contributed by atoms with Gasteiger partial charge in [-0.15, -0.1) is 0 Å². The van der Waals surface area contributed by atoms with E-state index >= 15 is 0 Å². The van der Waals surface area contributed by atoms with Gasteiger partial charge in [0.05, 0.1) is 12.7 Å². The summed E-state index contributed by atoms with van der Waals surface area (Å²) in [5.41, 5.74) is 2.29. The molecule has 0 unspecified atom stereocenters. The van der Waals surface area contributed by atoms with Crippen LogP contribution in [0.4, 0.5) is 0 Å². The molecule has 3 heteroatoms. The average molecular weight is 223 g/mol. The number of nitrogens with one attached hydrogen (secondary N) is 1. The first-order valence-electron chi connectivity index (χ1n) is 5.72. The van der Waals surface area contributed by atoms with Crippen molar-refractivity contribution in [3.05, 3.63) is 29.3 Å². The number of hydrogen-bond donors (Lipinski definition) is 2. The molecule has 1 aromatic rings. The lowest BCUT2D eigenvalue weighted by Gasteiger charge is -2.17. The summed E-state index contributed by atoms with van der Waals surface area (Å²) in [4.78, 5) is 0. The highest BCUT2D eigenvalue weighted by atomic mass is 16.5. The Labute approximate surface area is 97.4 Å². The molecule has 0 amide bonds. The Hall–Kier alpha value is -1.06. The molecule has 0 saturated heterocycles. The molecule has 0 aliphatic heterocycles. The highest BCUT2D eigenvalue weighted by molar-refractivity contribution is 5.40. The van der Waals surface area contributed by atoms with Crippen LogP contribution in [0.3, 0.4) is 0 Å². The monoisotopic (exact) mass is 223 g/mol. The van der Waals surface area contributed by atoms with Crippen molar-refractivity contribution in [2.24, 2.45) is 0 Å². The number of para-hydroxylation sites is 1. The molecule has 0 bridgehead atoms. The van der Waals surface area contributed by atoms with Crippen molar-refractivity contribution in [1.29, 1.82) is 0 Å². The van der Waals surface area contributed by atoms with E-state index in [4.69, 9.17) is 9.84 Å². The number of rotatable bonds is 6. The second kappa shape index (κ2) is 6.51. The van der Waals surface area contributed by atoms with Crippen molar-refractivity contribution >= 4 is 0 Å². The van der Waals surface area contributed by atoms with Crippen LogP contribution < -0.4 is 10.1 Å². The van der Waals surface area contributed by atoms with E-state index in [1.54, 1.807) is 0 Å². The second-order valence-electron chi connectivity index (χ2n) is 4.13. The molecule has 1 rings (SSSR count). The lowest BCUT2D eigenvalue weighted by molar-refractivity contribution is 0.237. The van der Waals surface area contributed by atoms with Gasteiger partial charge < -0.3 is 15.2 Å². The highest BCUT2D eigenvalue weighted by Crippen LogP contribution is 2.24. The number of benzene rings is 1. The molecule has 0 spiro atoms. The minimum atomic E-state index is 0.159. The van der Waals surface area contributed by atoms with Crippen molar-refractivity contribution in [3.63, 3.8) is 0 Å². The standard InChI is InChI=1S/C13H21NO2/c1-10(2)16-13-11(3)5-4-6-12(13)9-14-7-8-15/h4-6,10,14-15H,7-9H2,1-3H3. The topological polar surface area (TPSA) is 41.5 Å². The van der Waals surface area contributed by atoms with Crippen molar-refractivity contribution in [1.82, 2.24) is 5.32 Å². The van der Waals surface area contributed by atoms with Gasteiger partial charge in [-0.3, -0.25) is 0 Å². The third-order valence-electron chi connectivity index (χ3n) is 2.25. The minimum absolute atomic E-state index is 0.159. The van der Waals surface area contributed by atoms with E-state index in [0.717, 1.165) is 23.4 Å². The summed E-state index contributed by atoms with van der Waals surface area (Å²) in [7, 11) is 0. The lowest BCUT2D eigenvalue weighted by Crippen LogP contribution is -2.19. The Bertz CT molecular complexity index is 324. The van der Waals surface area contributed by atoms with Crippen LogP contribution in [0.1, 0.15) is 25.0 Å². The third-order valence-corrected chi connectivity index (χ3v) is 2.25. The Morgan fingerprint density at radius 3 is 2.75 bits per heavy atom. The second-order valence-corrected chi connectivity index (χ2v) is 4.13. The Balaban J connectivity index is 2.76. The van der Waals surface area contributed by atoms with E-state index < -0.39 is 0 Å². The molecule has 2 N–H and O–H groups in total. The van der Waals surface area contributed by atoms with Crippen LogP contribution in [0, 0.1) is 6.92 Å². The maximum Gasteiger partial charge on any atom is 0.127 e. The molecular weight excluding hydrogens is 202 g/mol. The van der Waals surface area contributed by atoms with Crippen LogP contribution in [0.25, 0.3) is 0 Å². The summed E-state index contributed by atoms with van der Waals surface area (Å²) < 4.78 is 5.80. The van der Waals surface area contributed by atoms with E-state index in [1.807, 2.05) is 32.9 Å². The molecule has 0 atom stereocenters. The molecule has 1 aromatic carbocycles. The summed E-state index contributed by atoms with van der Waals surface area (Å²) in [5, 5.41) is 11.9. The van der Waals surface area contributed by atoms with E-state index in [0.29, 0.717) is 6.54 Å². The number of hydrogen-bond acceptors (Lipinski definition) is 3. The first-order valence-corrected chi connectivity index (χ1v) is 5.72. The predicted octanol–water partition coefficient (Wildman–Crippen LogP) is 1.86. The SMILES string of the molecule is Cc1cccc(CNCCO)c1OC(C)C. The Morgan fingerprint density at radius 2 is 2.12 bits per heavy atom. The van der Waals surface area contributed by atoms with Gasteiger partial charge in [0.2, 0.25) is 0 Å². The van der Waals surface area contributed by atoms with Gasteiger partial charge in [-0.1, -0.05) is 18.2 Å². The minimum Gasteiger partial charge on any atom is -0.490 e. The number of aliphatic hydroxyl groups excluding tert-OH is 1. The molecule has 0 aliphatic rings. The van der Waals surface area contributed by atoms with Crippen LogP contribution in [-0.2, 0) is 6.54 Å². The van der Waals surface area contributed by atoms with Gasteiger partial charge in [-0.05, 0) is 26.3 Å². The van der Waals surface area contributed by atoms with E-state index in [1.165, 1.54) is 0 Å². The van der Waals surface area contributed by atoms with Gasteiger partial charge >= 0.3 is 0 Å². The first-order chi connectivity index (χ1) is 7.65. The number of aliphatic hydroxyl groups is 1. The van der Waals surface area contributed by atoms with Crippen LogP contribution in [0.2, 0.25) is 0 Å². The fraction of sp³-hybridized carbons (Fsp3) is 0.538. The normalized spacial score (nSPS) is 10.8. The van der Waals surface area contributed by atoms with Crippen molar-refractivity contribution in [2.45, 2.75) is 33.4 Å². The van der Waals surface area contributed by atoms with Gasteiger partial charge in [0.1, 0.15) is 5.75 Å². The fourth-order valence-corrected chi connectivity index (χ4v) is 1.56. The van der Waals surface area contributed by atoms with Gasteiger partial charge in [-0.2, -0.15) is 0 Å². The summed E-state index contributed by atoms with van der Waals surface area (Å²) in [5.74, 6) is 0.961. The maximum absolute atomic E-state index is 8.72. The summed E-state index contributed by atoms with van der Waals surface area (Å²) in [6, 6.07) is 6.13. The zero-order chi connectivity index (χ0) is 12.0. The maximum atomic E-state index is 8.72. The number of aryl methyl sites for hydroxylation is 1. The zero-order valence-corrected chi connectivity index (χ0v) is 10.3. The number of ether oxygens (including phenoxy) is 1. The summed E-state index contributed by atoms with van der Waals surface area (Å²) in [6.07, 6.45) is 0.178. The van der Waals surface area contributed by atoms with Gasteiger partial charge in [0.25, 0.3) is 0 Å². The summed E-state index contributed by atoms with van der Waals surface area (Å²) >= 11 is 0. The first kappa shape index (κ1) is 13.0. The van der Waals surface area contributed by atoms with E-state index in [9.17, 15) is 0 Å². The predicted molar refractivity (Wildman–Crippen MR) is 65.7 cm³/mol. The molecule has 16 heavy (non-hydrogen) atoms. The largest absolute Gasteiger partial charge is 0.490 e. The molecule has 0 aliphatic carbocycles. The van der Waals surface area contributed by atoms with E-state index in [-0.39, 0.29) is 12.7 Å². The molecule has 3 nitrogen and oxygen atoms in total. The summed E-state index contributed by atoms with van der Waals surface area (Å²) in [6.45, 7) is 7.59. The fourth-order valence-electron chi connectivity index (χ4n) is 1.56. The molecule has 0 fully saturated rings. The molecule has 90 valence electrons. The quantitative estimate of drug-likeness (QED) is 0.723. The molecule has 0 heterocycles. The molecule has 0 radical (unpaired) electrons. The van der Waals surface area contributed by atoms with Gasteiger partial charge in [-0.25, -0.2) is 0 Å². The smallest absolute Gasteiger partial charge is 0.127 e. The average Bonchev–Trinajstić information content (AvgIpc) is 2.23. The third kappa shape index (κ3) is 3.83. The van der Waals surface area contributed by atoms with Crippen molar-refractivity contribution < 1.29 is 9.84 Å². The lowest BCUT2D eigenvalue weighted by atomic mass is 10.1. The molecule has 0 saturated carbocycles. The Morgan fingerprint density at radius 1 is 1.38 bits per heavy atom. The molecule has 0 aromatic heterocycles. The Kier molecular flexibility index (Phi) is 5.29. The highest BCUT2D eigenvalue weighted by Gasteiger charge is 2.07. The van der Waals surface area contributed by atoms with Gasteiger partial charge in [0, 0.05) is 18.7 Å². The van der Waals surface area contributed by atoms with Crippen molar-refractivity contribution in [2.75, 3.05) is 13.2 Å². The molecular formula is C13H21NO2.